The van der Waals surface area contributed by atoms with Crippen LogP contribution in [0.3, 0.4) is 0 Å². The van der Waals surface area contributed by atoms with Gasteiger partial charge in [0.05, 0.1) is 4.90 Å². The van der Waals surface area contributed by atoms with Crippen molar-refractivity contribution in [3.8, 4) is 0 Å². The maximum atomic E-state index is 13.5. The molecule has 130 valence electrons. The zero-order chi connectivity index (χ0) is 17.8. The van der Waals surface area contributed by atoms with Gasteiger partial charge in [-0.25, -0.2) is 21.6 Å². The zero-order valence-corrected chi connectivity index (χ0v) is 13.7. The van der Waals surface area contributed by atoms with E-state index in [9.17, 15) is 21.6 Å². The van der Waals surface area contributed by atoms with Crippen LogP contribution in [0, 0.1) is 17.5 Å². The molecule has 1 aliphatic heterocycles. The Morgan fingerprint density at radius 3 is 2.56 bits per heavy atom. The highest BCUT2D eigenvalue weighted by Crippen LogP contribution is 2.31. The Balaban J connectivity index is 1.75. The summed E-state index contributed by atoms with van der Waals surface area (Å²) < 4.78 is 66.7. The lowest BCUT2D eigenvalue weighted by atomic mass is 10.1. The summed E-state index contributed by atoms with van der Waals surface area (Å²) in [6, 6.07) is 6.81. The summed E-state index contributed by atoms with van der Waals surface area (Å²) in [5.74, 6) is -2.73. The third-order valence-electron chi connectivity index (χ3n) is 4.43. The number of fused-ring (bicyclic) bond motifs is 3. The topological polar surface area (TPSA) is 53.2 Å². The molecule has 8 heteroatoms. The van der Waals surface area contributed by atoms with E-state index in [0.29, 0.717) is 23.4 Å². The van der Waals surface area contributed by atoms with Gasteiger partial charge in [0.2, 0.25) is 10.0 Å². The van der Waals surface area contributed by atoms with Crippen LogP contribution in [0.4, 0.5) is 13.2 Å². The number of sulfonamides is 1. The largest absolute Gasteiger partial charge is 0.358 e. The van der Waals surface area contributed by atoms with Crippen LogP contribution in [0.5, 0.6) is 0 Å². The van der Waals surface area contributed by atoms with E-state index in [1.54, 1.807) is 6.07 Å². The predicted octanol–water partition coefficient (Wildman–Crippen LogP) is 3.33. The number of hydrogen-bond acceptors (Lipinski definition) is 2. The van der Waals surface area contributed by atoms with Crippen LogP contribution in [0.2, 0.25) is 0 Å². The molecule has 0 fully saturated rings. The molecular weight excluding hydrogens is 353 g/mol. The fourth-order valence-electron chi connectivity index (χ4n) is 3.15. The maximum absolute atomic E-state index is 13.5. The van der Waals surface area contributed by atoms with E-state index in [4.69, 9.17) is 0 Å². The first-order chi connectivity index (χ1) is 11.9. The Bertz CT molecular complexity index is 1090. The van der Waals surface area contributed by atoms with Crippen LogP contribution in [0.25, 0.3) is 10.9 Å². The number of halogens is 3. The molecule has 0 bridgehead atoms. The quantitative estimate of drug-likeness (QED) is 0.756. The first-order valence-corrected chi connectivity index (χ1v) is 9.04. The molecule has 2 aromatic carbocycles. The van der Waals surface area contributed by atoms with E-state index in [-0.39, 0.29) is 18.0 Å². The monoisotopic (exact) mass is 366 g/mol. The van der Waals surface area contributed by atoms with Crippen LogP contribution < -0.4 is 0 Å². The molecular formula is C17H13F3N2O2S. The number of nitrogens with zero attached hydrogens (tertiary/aromatic N) is 1. The highest BCUT2D eigenvalue weighted by molar-refractivity contribution is 7.89. The molecule has 0 saturated heterocycles. The number of nitrogens with one attached hydrogen (secondary N) is 1. The molecule has 2 heterocycles. The van der Waals surface area contributed by atoms with Crippen LogP contribution >= 0.6 is 0 Å². The number of benzene rings is 2. The van der Waals surface area contributed by atoms with E-state index >= 15 is 0 Å². The molecule has 25 heavy (non-hydrogen) atoms. The van der Waals surface area contributed by atoms with Crippen molar-refractivity contribution in [2.45, 2.75) is 17.9 Å². The average molecular weight is 366 g/mol. The van der Waals surface area contributed by atoms with Crippen LogP contribution in [-0.2, 0) is 23.0 Å². The second-order valence-corrected chi connectivity index (χ2v) is 7.87. The van der Waals surface area contributed by atoms with Gasteiger partial charge in [-0.1, -0.05) is 0 Å². The molecule has 0 spiro atoms. The van der Waals surface area contributed by atoms with Gasteiger partial charge in [-0.15, -0.1) is 0 Å². The van der Waals surface area contributed by atoms with Gasteiger partial charge in [-0.05, 0) is 42.0 Å². The van der Waals surface area contributed by atoms with Crippen molar-refractivity contribution in [3.63, 3.8) is 0 Å². The first kappa shape index (κ1) is 16.2. The van der Waals surface area contributed by atoms with Crippen molar-refractivity contribution >= 4 is 20.9 Å². The molecule has 4 nitrogen and oxygen atoms in total. The molecule has 1 aliphatic rings. The number of aromatic amines is 1. The molecule has 3 aromatic rings. The van der Waals surface area contributed by atoms with Gasteiger partial charge in [0, 0.05) is 36.1 Å². The summed E-state index contributed by atoms with van der Waals surface area (Å²) in [6.45, 7) is 0.240. The Morgan fingerprint density at radius 1 is 1.00 bits per heavy atom. The van der Waals surface area contributed by atoms with Crippen LogP contribution in [0.1, 0.15) is 11.3 Å². The molecule has 0 saturated carbocycles. The lowest BCUT2D eigenvalue weighted by Gasteiger charge is -2.26. The van der Waals surface area contributed by atoms with Gasteiger partial charge >= 0.3 is 0 Å². The third kappa shape index (κ3) is 2.61. The first-order valence-electron chi connectivity index (χ1n) is 7.60. The molecule has 0 aliphatic carbocycles. The fraction of sp³-hybridized carbons (Fsp3) is 0.176. The van der Waals surface area contributed by atoms with Crippen molar-refractivity contribution < 1.29 is 21.6 Å². The lowest BCUT2D eigenvalue weighted by molar-refractivity contribution is 0.390. The van der Waals surface area contributed by atoms with E-state index in [0.717, 1.165) is 23.3 Å². The second-order valence-electron chi connectivity index (χ2n) is 5.94. The summed E-state index contributed by atoms with van der Waals surface area (Å²) in [7, 11) is -3.98. The van der Waals surface area contributed by atoms with Crippen molar-refractivity contribution in [2.24, 2.45) is 0 Å². The average Bonchev–Trinajstić information content (AvgIpc) is 2.94. The smallest absolute Gasteiger partial charge is 0.243 e. The molecule has 1 N–H and O–H groups in total. The number of hydrogen-bond donors (Lipinski definition) is 1. The minimum Gasteiger partial charge on any atom is -0.358 e. The van der Waals surface area contributed by atoms with E-state index in [1.165, 1.54) is 16.4 Å². The van der Waals surface area contributed by atoms with Gasteiger partial charge in [0.15, 0.2) is 11.6 Å². The molecule has 0 atom stereocenters. The Morgan fingerprint density at radius 2 is 1.80 bits per heavy atom. The number of aromatic nitrogens is 1. The van der Waals surface area contributed by atoms with Crippen molar-refractivity contribution in [1.82, 2.24) is 9.29 Å². The molecule has 0 unspecified atom stereocenters. The molecule has 0 amide bonds. The summed E-state index contributed by atoms with van der Waals surface area (Å²) in [5.41, 5.74) is 2.29. The minimum absolute atomic E-state index is 0.0418. The van der Waals surface area contributed by atoms with Gasteiger partial charge in [0.25, 0.3) is 0 Å². The minimum atomic E-state index is -3.98. The Labute approximate surface area is 141 Å². The second kappa shape index (κ2) is 5.60. The predicted molar refractivity (Wildman–Crippen MR) is 85.9 cm³/mol. The Hall–Kier alpha value is -2.32. The lowest BCUT2D eigenvalue weighted by Crippen LogP contribution is -2.35. The van der Waals surface area contributed by atoms with Gasteiger partial charge < -0.3 is 4.98 Å². The summed E-state index contributed by atoms with van der Waals surface area (Å²) in [5, 5.41) is 0.625. The van der Waals surface area contributed by atoms with Crippen LogP contribution in [-0.4, -0.2) is 24.3 Å². The highest BCUT2D eigenvalue weighted by Gasteiger charge is 2.30. The van der Waals surface area contributed by atoms with Crippen molar-refractivity contribution in [1.29, 1.82) is 0 Å². The molecule has 4 rings (SSSR count). The van der Waals surface area contributed by atoms with E-state index in [2.05, 4.69) is 4.98 Å². The van der Waals surface area contributed by atoms with Crippen molar-refractivity contribution in [3.05, 3.63) is 65.1 Å². The summed E-state index contributed by atoms with van der Waals surface area (Å²) in [6.07, 6.45) is 0.425. The number of rotatable bonds is 2. The SMILES string of the molecule is O=S(=O)(c1ccc(F)c(F)c1)N1CCc2[nH]c3ccc(F)cc3c2C1. The normalized spacial score (nSPS) is 15.5. The Kier molecular flexibility index (Phi) is 3.62. The molecule has 0 radical (unpaired) electrons. The summed E-state index contributed by atoms with van der Waals surface area (Å²) in [4.78, 5) is 2.87. The van der Waals surface area contributed by atoms with Gasteiger partial charge in [-0.2, -0.15) is 4.31 Å². The number of H-pyrrole nitrogens is 1. The summed E-state index contributed by atoms with van der Waals surface area (Å²) >= 11 is 0. The van der Waals surface area contributed by atoms with Crippen LogP contribution in [0.15, 0.2) is 41.3 Å². The third-order valence-corrected chi connectivity index (χ3v) is 6.27. The maximum Gasteiger partial charge on any atom is 0.243 e. The van der Waals surface area contributed by atoms with E-state index < -0.39 is 27.5 Å². The zero-order valence-electron chi connectivity index (χ0n) is 12.9. The van der Waals surface area contributed by atoms with E-state index in [1.807, 2.05) is 0 Å². The van der Waals surface area contributed by atoms with Gasteiger partial charge in [-0.3, -0.25) is 0 Å². The molecule has 1 aromatic heterocycles. The standard InChI is InChI=1S/C17H13F3N2O2S/c18-10-1-4-16-12(7-10)13-9-22(6-5-17(13)21-16)25(23,24)11-2-3-14(19)15(20)8-11/h1-4,7-8,21H,5-6,9H2. The van der Waals surface area contributed by atoms with Gasteiger partial charge in [0.1, 0.15) is 5.82 Å². The van der Waals surface area contributed by atoms with Crippen molar-refractivity contribution in [2.75, 3.05) is 6.54 Å². The highest BCUT2D eigenvalue weighted by atomic mass is 32.2. The fourth-order valence-corrected chi connectivity index (χ4v) is 4.57.